The molecule has 1 aromatic heterocycles. The predicted octanol–water partition coefficient (Wildman–Crippen LogP) is 0.218. The van der Waals surface area contributed by atoms with Gasteiger partial charge in [-0.3, -0.25) is 0 Å². The number of aromatic nitrogens is 2. The van der Waals surface area contributed by atoms with E-state index < -0.39 is 5.97 Å². The Labute approximate surface area is 90.7 Å². The van der Waals surface area contributed by atoms with E-state index in [1.807, 2.05) is 11.8 Å². The zero-order valence-electron chi connectivity index (χ0n) is 8.21. The molecule has 15 heavy (non-hydrogen) atoms. The number of hydrogen-bond acceptors (Lipinski definition) is 6. The molecular weight excluding hydrogens is 218 g/mol. The molecule has 0 aliphatic carbocycles. The molecule has 7 heteroatoms. The maximum absolute atomic E-state index is 10.3. The Hall–Kier alpha value is -1.21. The molecule has 6 nitrogen and oxygen atoms in total. The Morgan fingerprint density at radius 2 is 2.53 bits per heavy atom. The van der Waals surface area contributed by atoms with Crippen molar-refractivity contribution in [2.75, 3.05) is 24.6 Å². The summed E-state index contributed by atoms with van der Waals surface area (Å²) in [6, 6.07) is 0. The topological polar surface area (TPSA) is 75.6 Å². The van der Waals surface area contributed by atoms with Crippen LogP contribution in [0.3, 0.4) is 0 Å². The Morgan fingerprint density at radius 1 is 1.80 bits per heavy atom. The maximum atomic E-state index is 10.3. The standard InChI is InChI=1S/C8H11N3O3S/c1-8(14-2-6(12)13)3-11(4-8)7-9-5-10-15-7/h5H,2-4H2,1H3,(H,12,13). The third kappa shape index (κ3) is 2.24. The first-order valence-electron chi connectivity index (χ1n) is 4.46. The van der Waals surface area contributed by atoms with E-state index in [4.69, 9.17) is 9.84 Å². The molecule has 0 bridgehead atoms. The molecular formula is C8H11N3O3S. The van der Waals surface area contributed by atoms with Gasteiger partial charge in [0.1, 0.15) is 18.5 Å². The van der Waals surface area contributed by atoms with Crippen LogP contribution in [0, 0.1) is 0 Å². The molecule has 1 fully saturated rings. The fourth-order valence-corrected chi connectivity index (χ4v) is 2.06. The van der Waals surface area contributed by atoms with Crippen LogP contribution in [0.1, 0.15) is 6.92 Å². The van der Waals surface area contributed by atoms with Gasteiger partial charge in [-0.15, -0.1) is 0 Å². The summed E-state index contributed by atoms with van der Waals surface area (Å²) in [5, 5.41) is 9.34. The fourth-order valence-electron chi connectivity index (χ4n) is 1.53. The van der Waals surface area contributed by atoms with Gasteiger partial charge in [-0.25, -0.2) is 9.78 Å². The van der Waals surface area contributed by atoms with E-state index in [0.29, 0.717) is 13.1 Å². The molecule has 2 rings (SSSR count). The summed E-state index contributed by atoms with van der Waals surface area (Å²) in [6.45, 7) is 2.97. The Balaban J connectivity index is 1.83. The Kier molecular flexibility index (Phi) is 2.57. The van der Waals surface area contributed by atoms with E-state index in [0.717, 1.165) is 5.13 Å². The quantitative estimate of drug-likeness (QED) is 0.796. The molecule has 82 valence electrons. The largest absolute Gasteiger partial charge is 0.480 e. The van der Waals surface area contributed by atoms with E-state index in [9.17, 15) is 4.79 Å². The van der Waals surface area contributed by atoms with Gasteiger partial charge in [0.2, 0.25) is 5.13 Å². The van der Waals surface area contributed by atoms with Gasteiger partial charge in [0, 0.05) is 11.5 Å². The predicted molar refractivity (Wildman–Crippen MR) is 54.1 cm³/mol. The molecule has 1 N–H and O–H groups in total. The average Bonchev–Trinajstić information content (AvgIpc) is 2.62. The molecule has 0 amide bonds. The molecule has 2 heterocycles. The number of carbonyl (C=O) groups is 1. The zero-order chi connectivity index (χ0) is 10.9. The first kappa shape index (κ1) is 10.3. The van der Waals surface area contributed by atoms with Crippen LogP contribution in [0.2, 0.25) is 0 Å². The number of aliphatic carboxylic acids is 1. The van der Waals surface area contributed by atoms with Crippen molar-refractivity contribution in [3.05, 3.63) is 6.33 Å². The molecule has 1 aliphatic rings. The number of rotatable bonds is 4. The average molecular weight is 229 g/mol. The van der Waals surface area contributed by atoms with Gasteiger partial charge < -0.3 is 14.7 Å². The van der Waals surface area contributed by atoms with Crippen LogP contribution in [0.25, 0.3) is 0 Å². The number of nitrogens with zero attached hydrogens (tertiary/aromatic N) is 3. The summed E-state index contributed by atoms with van der Waals surface area (Å²) < 4.78 is 9.17. The van der Waals surface area contributed by atoms with Gasteiger partial charge in [0.25, 0.3) is 0 Å². The lowest BCUT2D eigenvalue weighted by atomic mass is 9.97. The van der Waals surface area contributed by atoms with Crippen LogP contribution in [-0.2, 0) is 9.53 Å². The minimum absolute atomic E-state index is 0.250. The van der Waals surface area contributed by atoms with Crippen LogP contribution in [0.15, 0.2) is 6.33 Å². The van der Waals surface area contributed by atoms with E-state index >= 15 is 0 Å². The molecule has 0 spiro atoms. The number of carboxylic acid groups (broad SMARTS) is 1. The number of ether oxygens (including phenoxy) is 1. The van der Waals surface area contributed by atoms with Crippen molar-refractivity contribution in [3.63, 3.8) is 0 Å². The summed E-state index contributed by atoms with van der Waals surface area (Å²) in [4.78, 5) is 16.4. The molecule has 1 aromatic rings. The van der Waals surface area contributed by atoms with Crippen LogP contribution < -0.4 is 4.90 Å². The first-order chi connectivity index (χ1) is 7.09. The highest BCUT2D eigenvalue weighted by Crippen LogP contribution is 2.30. The summed E-state index contributed by atoms with van der Waals surface area (Å²) in [5.74, 6) is -0.939. The fraction of sp³-hybridized carbons (Fsp3) is 0.625. The monoisotopic (exact) mass is 229 g/mol. The molecule has 0 radical (unpaired) electrons. The van der Waals surface area contributed by atoms with Crippen molar-refractivity contribution < 1.29 is 14.6 Å². The second-order valence-electron chi connectivity index (χ2n) is 3.71. The molecule has 0 atom stereocenters. The SMILES string of the molecule is CC1(OCC(=O)O)CN(c2ncns2)C1. The smallest absolute Gasteiger partial charge is 0.329 e. The minimum Gasteiger partial charge on any atom is -0.480 e. The van der Waals surface area contributed by atoms with Gasteiger partial charge in [0.05, 0.1) is 13.1 Å². The Morgan fingerprint density at radius 3 is 3.07 bits per heavy atom. The van der Waals surface area contributed by atoms with Crippen molar-refractivity contribution in [1.29, 1.82) is 0 Å². The van der Waals surface area contributed by atoms with Crippen LogP contribution in [-0.4, -0.2) is 45.7 Å². The normalized spacial score (nSPS) is 18.6. The molecule has 0 unspecified atom stereocenters. The highest BCUT2D eigenvalue weighted by Gasteiger charge is 2.41. The zero-order valence-corrected chi connectivity index (χ0v) is 9.03. The van der Waals surface area contributed by atoms with Crippen molar-refractivity contribution in [2.45, 2.75) is 12.5 Å². The lowest BCUT2D eigenvalue weighted by Gasteiger charge is -2.46. The number of anilines is 1. The van der Waals surface area contributed by atoms with Crippen molar-refractivity contribution in [3.8, 4) is 0 Å². The summed E-state index contributed by atoms with van der Waals surface area (Å²) in [7, 11) is 0. The summed E-state index contributed by atoms with van der Waals surface area (Å²) in [6.07, 6.45) is 1.51. The number of carboxylic acids is 1. The maximum Gasteiger partial charge on any atom is 0.329 e. The van der Waals surface area contributed by atoms with E-state index in [1.165, 1.54) is 17.9 Å². The van der Waals surface area contributed by atoms with E-state index in [-0.39, 0.29) is 12.2 Å². The van der Waals surface area contributed by atoms with Crippen molar-refractivity contribution in [2.24, 2.45) is 0 Å². The Bertz CT molecular complexity index is 348. The van der Waals surface area contributed by atoms with Crippen LogP contribution in [0.5, 0.6) is 0 Å². The second-order valence-corrected chi connectivity index (χ2v) is 4.47. The second kappa shape index (κ2) is 3.74. The van der Waals surface area contributed by atoms with Gasteiger partial charge >= 0.3 is 5.97 Å². The summed E-state index contributed by atoms with van der Waals surface area (Å²) in [5.41, 5.74) is -0.371. The van der Waals surface area contributed by atoms with Gasteiger partial charge in [-0.05, 0) is 6.92 Å². The number of hydrogen-bond donors (Lipinski definition) is 1. The van der Waals surface area contributed by atoms with E-state index in [2.05, 4.69) is 9.36 Å². The van der Waals surface area contributed by atoms with Crippen molar-refractivity contribution >= 4 is 22.6 Å². The molecule has 1 saturated heterocycles. The third-order valence-corrected chi connectivity index (χ3v) is 2.94. The van der Waals surface area contributed by atoms with Gasteiger partial charge in [0.15, 0.2) is 0 Å². The highest BCUT2D eigenvalue weighted by atomic mass is 32.1. The van der Waals surface area contributed by atoms with Crippen molar-refractivity contribution in [1.82, 2.24) is 9.36 Å². The van der Waals surface area contributed by atoms with Crippen LogP contribution in [0.4, 0.5) is 5.13 Å². The van der Waals surface area contributed by atoms with Crippen LogP contribution >= 0.6 is 11.5 Å². The molecule has 1 aliphatic heterocycles. The third-order valence-electron chi connectivity index (χ3n) is 2.21. The molecule has 0 saturated carbocycles. The highest BCUT2D eigenvalue weighted by molar-refractivity contribution is 7.09. The first-order valence-corrected chi connectivity index (χ1v) is 5.24. The van der Waals surface area contributed by atoms with Gasteiger partial charge in [-0.1, -0.05) is 0 Å². The summed E-state index contributed by atoms with van der Waals surface area (Å²) >= 11 is 1.32. The lowest BCUT2D eigenvalue weighted by molar-refractivity contribution is -0.150. The van der Waals surface area contributed by atoms with Gasteiger partial charge in [-0.2, -0.15) is 4.37 Å². The lowest BCUT2D eigenvalue weighted by Crippen LogP contribution is -2.62. The molecule has 0 aromatic carbocycles. The minimum atomic E-state index is -0.939. The van der Waals surface area contributed by atoms with E-state index in [1.54, 1.807) is 0 Å².